The average Bonchev–Trinajstić information content (AvgIpc) is 2.52. The second kappa shape index (κ2) is 3.75. The minimum absolute atomic E-state index is 0.860. The number of rotatable bonds is 2. The molecule has 0 amide bonds. The Morgan fingerprint density at radius 3 is 3.15 bits per heavy atom. The number of halogens is 1. The van der Waals surface area contributed by atoms with E-state index in [9.17, 15) is 0 Å². The number of aryl methyl sites for hydroxylation is 1. The van der Waals surface area contributed by atoms with Crippen LogP contribution < -0.4 is 5.46 Å². The molecule has 1 nitrogen and oxygen atoms in total. The van der Waals surface area contributed by atoms with Gasteiger partial charge in [-0.05, 0) is 0 Å². The van der Waals surface area contributed by atoms with E-state index < -0.39 is 0 Å². The molecule has 0 unspecified atom stereocenters. The first kappa shape index (κ1) is 9.13. The molecule has 3 heteroatoms. The van der Waals surface area contributed by atoms with Gasteiger partial charge in [0.05, 0.1) is 0 Å². The molecule has 66 valence electrons. The van der Waals surface area contributed by atoms with E-state index in [1.165, 1.54) is 27.5 Å². The van der Waals surface area contributed by atoms with Crippen molar-refractivity contribution in [1.29, 1.82) is 0 Å². The number of fused-ring (bicyclic) bond motifs is 1. The van der Waals surface area contributed by atoms with Crippen molar-refractivity contribution in [3.63, 3.8) is 0 Å². The molecule has 0 saturated carbocycles. The van der Waals surface area contributed by atoms with Crippen molar-refractivity contribution in [2.45, 2.75) is 26.3 Å². The summed E-state index contributed by atoms with van der Waals surface area (Å²) < 4.78 is 1.22. The maximum absolute atomic E-state index is 4.25. The van der Waals surface area contributed by atoms with Crippen LogP contribution in [-0.2, 0) is 13.0 Å². The van der Waals surface area contributed by atoms with Crippen molar-refractivity contribution in [3.05, 3.63) is 27.7 Å². The number of hydrogen-bond acceptors (Lipinski definition) is 1. The zero-order chi connectivity index (χ0) is 9.26. The SMILES string of the molecule is CCCc1cc2c(cc1Br)B=NC2. The van der Waals surface area contributed by atoms with Crippen molar-refractivity contribution < 1.29 is 0 Å². The van der Waals surface area contributed by atoms with Crippen molar-refractivity contribution in [2.24, 2.45) is 4.90 Å². The quantitative estimate of drug-likeness (QED) is 0.699. The summed E-state index contributed by atoms with van der Waals surface area (Å²) in [5, 5.41) is 0. The van der Waals surface area contributed by atoms with E-state index in [1.807, 2.05) is 7.07 Å². The van der Waals surface area contributed by atoms with Crippen LogP contribution in [0.25, 0.3) is 0 Å². The van der Waals surface area contributed by atoms with Crippen molar-refractivity contribution in [2.75, 3.05) is 0 Å². The number of hydrogen-bond donors (Lipinski definition) is 0. The number of benzene rings is 1. The van der Waals surface area contributed by atoms with Gasteiger partial charge in [-0.15, -0.1) is 0 Å². The van der Waals surface area contributed by atoms with Gasteiger partial charge in [-0.1, -0.05) is 0 Å². The van der Waals surface area contributed by atoms with Crippen LogP contribution in [0.3, 0.4) is 0 Å². The maximum atomic E-state index is 4.25. The fraction of sp³-hybridized carbons (Fsp3) is 0.400. The molecule has 0 N–H and O–H groups in total. The summed E-state index contributed by atoms with van der Waals surface area (Å²) in [5.41, 5.74) is 4.05. The molecule has 2 rings (SSSR count). The molecule has 0 atom stereocenters. The van der Waals surface area contributed by atoms with Gasteiger partial charge in [0.25, 0.3) is 0 Å². The van der Waals surface area contributed by atoms with Crippen LogP contribution in [0, 0.1) is 0 Å². The van der Waals surface area contributed by atoms with Crippen LogP contribution in [-0.4, -0.2) is 7.07 Å². The van der Waals surface area contributed by atoms with Gasteiger partial charge < -0.3 is 0 Å². The predicted molar refractivity (Wildman–Crippen MR) is 59.7 cm³/mol. The zero-order valence-corrected chi connectivity index (χ0v) is 9.26. The molecule has 1 aliphatic rings. The summed E-state index contributed by atoms with van der Waals surface area (Å²) >= 11 is 3.59. The van der Waals surface area contributed by atoms with Gasteiger partial charge in [-0.3, -0.25) is 0 Å². The monoisotopic (exact) mass is 235 g/mol. The van der Waals surface area contributed by atoms with Crippen molar-refractivity contribution in [3.8, 4) is 0 Å². The molecular formula is C10H11BBrN. The molecule has 13 heavy (non-hydrogen) atoms. The molecule has 1 aliphatic heterocycles. The van der Waals surface area contributed by atoms with Gasteiger partial charge in [-0.2, -0.15) is 0 Å². The Hall–Kier alpha value is -0.435. The first-order chi connectivity index (χ1) is 6.31. The van der Waals surface area contributed by atoms with Crippen LogP contribution in [0.5, 0.6) is 0 Å². The Morgan fingerprint density at radius 1 is 1.54 bits per heavy atom. The van der Waals surface area contributed by atoms with Gasteiger partial charge in [-0.25, -0.2) is 0 Å². The summed E-state index contributed by atoms with van der Waals surface area (Å²) in [6.07, 6.45) is 2.34. The second-order valence-corrected chi connectivity index (χ2v) is 4.22. The molecule has 0 spiro atoms. The minimum atomic E-state index is 0.860. The van der Waals surface area contributed by atoms with E-state index in [2.05, 4.69) is 39.9 Å². The van der Waals surface area contributed by atoms with Gasteiger partial charge in [0.1, 0.15) is 0 Å². The summed E-state index contributed by atoms with van der Waals surface area (Å²) in [7, 11) is 1.95. The van der Waals surface area contributed by atoms with E-state index in [4.69, 9.17) is 0 Å². The first-order valence-electron chi connectivity index (χ1n) is 4.62. The van der Waals surface area contributed by atoms with E-state index in [1.54, 1.807) is 0 Å². The average molecular weight is 236 g/mol. The molecule has 0 aromatic heterocycles. The predicted octanol–water partition coefficient (Wildman–Crippen LogP) is 2.43. The van der Waals surface area contributed by atoms with E-state index in [0.29, 0.717) is 0 Å². The van der Waals surface area contributed by atoms with Gasteiger partial charge in [0.2, 0.25) is 0 Å². The molecule has 1 aromatic rings. The van der Waals surface area contributed by atoms with Crippen molar-refractivity contribution in [1.82, 2.24) is 0 Å². The first-order valence-corrected chi connectivity index (χ1v) is 5.41. The van der Waals surface area contributed by atoms with Crippen LogP contribution in [0.1, 0.15) is 24.5 Å². The summed E-state index contributed by atoms with van der Waals surface area (Å²) in [4.78, 5) is 4.25. The Bertz CT molecular complexity index is 360. The van der Waals surface area contributed by atoms with Crippen LogP contribution >= 0.6 is 15.9 Å². The molecule has 0 bridgehead atoms. The fourth-order valence-corrected chi connectivity index (χ4v) is 2.20. The summed E-state index contributed by atoms with van der Waals surface area (Å²) in [5.74, 6) is 0. The Labute approximate surface area is 87.6 Å². The molecular weight excluding hydrogens is 225 g/mol. The van der Waals surface area contributed by atoms with Gasteiger partial charge in [0, 0.05) is 0 Å². The van der Waals surface area contributed by atoms with E-state index in [-0.39, 0.29) is 0 Å². The standard InChI is InChI=1S/C10H11BBrN/c1-2-3-7-4-8-6-13-11-9(8)5-10(7)12/h4-5H,2-3,6H2,1H3. The molecule has 1 heterocycles. The molecule has 1 aromatic carbocycles. The Morgan fingerprint density at radius 2 is 2.38 bits per heavy atom. The van der Waals surface area contributed by atoms with Gasteiger partial charge >= 0.3 is 87.4 Å². The zero-order valence-electron chi connectivity index (χ0n) is 7.68. The topological polar surface area (TPSA) is 12.4 Å². The normalized spacial score (nSPS) is 12.8. The molecule has 0 radical (unpaired) electrons. The molecule has 0 aliphatic carbocycles. The molecule has 0 saturated heterocycles. The van der Waals surface area contributed by atoms with Gasteiger partial charge in [0.15, 0.2) is 0 Å². The Balaban J connectivity index is 2.40. The van der Waals surface area contributed by atoms with Crippen LogP contribution in [0.15, 0.2) is 21.5 Å². The van der Waals surface area contributed by atoms with E-state index in [0.717, 1.165) is 13.0 Å². The van der Waals surface area contributed by atoms with E-state index >= 15 is 0 Å². The summed E-state index contributed by atoms with van der Waals surface area (Å²) in [6.45, 7) is 3.06. The van der Waals surface area contributed by atoms with Crippen LogP contribution in [0.4, 0.5) is 0 Å². The third-order valence-corrected chi connectivity index (χ3v) is 3.06. The van der Waals surface area contributed by atoms with Crippen molar-refractivity contribution >= 4 is 28.5 Å². The third-order valence-electron chi connectivity index (χ3n) is 2.32. The molecule has 0 fully saturated rings. The number of nitrogens with zero attached hydrogens (tertiary/aromatic N) is 1. The van der Waals surface area contributed by atoms with Crippen LogP contribution in [0.2, 0.25) is 0 Å². The second-order valence-electron chi connectivity index (χ2n) is 3.36. The summed E-state index contributed by atoms with van der Waals surface area (Å²) in [6, 6.07) is 4.45. The Kier molecular flexibility index (Phi) is 2.63. The fourth-order valence-electron chi connectivity index (χ4n) is 1.64. The third kappa shape index (κ3) is 1.75.